The highest BCUT2D eigenvalue weighted by atomic mass is 79.9. The van der Waals surface area contributed by atoms with Gasteiger partial charge in [0.1, 0.15) is 5.75 Å². The molecular weight excluding hydrogens is 360 g/mol. The molecule has 23 heavy (non-hydrogen) atoms. The van der Waals surface area contributed by atoms with E-state index in [9.17, 15) is 4.79 Å². The second kappa shape index (κ2) is 7.36. The Morgan fingerprint density at radius 2 is 2.26 bits per heavy atom. The Balaban J connectivity index is 1.58. The number of urea groups is 1. The molecule has 0 radical (unpaired) electrons. The minimum absolute atomic E-state index is 0.0943. The van der Waals surface area contributed by atoms with Gasteiger partial charge in [-0.3, -0.25) is 0 Å². The lowest BCUT2D eigenvalue weighted by Crippen LogP contribution is -2.38. The Morgan fingerprint density at radius 1 is 1.39 bits per heavy atom. The Hall–Kier alpha value is -1.53. The number of benzene rings is 1. The van der Waals surface area contributed by atoms with E-state index >= 15 is 0 Å². The lowest BCUT2D eigenvalue weighted by Gasteiger charge is -2.22. The third-order valence-electron chi connectivity index (χ3n) is 4.03. The minimum atomic E-state index is -0.0943. The van der Waals surface area contributed by atoms with E-state index in [-0.39, 0.29) is 6.03 Å². The predicted molar refractivity (Wildman–Crippen MR) is 91.7 cm³/mol. The zero-order valence-electron chi connectivity index (χ0n) is 13.2. The summed E-state index contributed by atoms with van der Waals surface area (Å²) >= 11 is 3.52. The molecule has 6 heteroatoms. The quantitative estimate of drug-likeness (QED) is 0.817. The van der Waals surface area contributed by atoms with Crippen molar-refractivity contribution >= 4 is 22.0 Å². The van der Waals surface area contributed by atoms with E-state index < -0.39 is 0 Å². The van der Waals surface area contributed by atoms with E-state index in [1.807, 2.05) is 6.07 Å². The molecule has 0 spiro atoms. The number of rotatable bonds is 4. The summed E-state index contributed by atoms with van der Waals surface area (Å²) in [5, 5.41) is 2.96. The topological polar surface area (TPSA) is 50.8 Å². The van der Waals surface area contributed by atoms with E-state index in [0.717, 1.165) is 40.8 Å². The fourth-order valence-electron chi connectivity index (χ4n) is 2.88. The van der Waals surface area contributed by atoms with Crippen molar-refractivity contribution in [1.82, 2.24) is 10.2 Å². The van der Waals surface area contributed by atoms with Crippen LogP contribution in [0.1, 0.15) is 17.5 Å². The second-order valence-corrected chi connectivity index (χ2v) is 6.79. The highest BCUT2D eigenvalue weighted by Gasteiger charge is 2.18. The Kier molecular flexibility index (Phi) is 5.23. The largest absolute Gasteiger partial charge is 0.493 e. The number of fused-ring (bicyclic) bond motifs is 1. The van der Waals surface area contributed by atoms with E-state index in [0.29, 0.717) is 26.3 Å². The van der Waals surface area contributed by atoms with Crippen LogP contribution in [-0.4, -0.2) is 44.3 Å². The van der Waals surface area contributed by atoms with Crippen molar-refractivity contribution in [2.75, 3.05) is 33.4 Å². The maximum absolute atomic E-state index is 12.3. The number of likely N-dealkylation sites (N-methyl/N-ethyl adjacent to an activating group) is 1. The van der Waals surface area contributed by atoms with E-state index in [1.165, 1.54) is 5.56 Å². The summed E-state index contributed by atoms with van der Waals surface area (Å²) in [6.07, 6.45) is 4.00. The van der Waals surface area contributed by atoms with Crippen LogP contribution >= 0.6 is 15.9 Å². The van der Waals surface area contributed by atoms with Crippen LogP contribution in [0.15, 0.2) is 28.3 Å². The molecule has 0 aromatic heterocycles. The Bertz CT molecular complexity index is 631. The van der Waals surface area contributed by atoms with Gasteiger partial charge in [0, 0.05) is 36.6 Å². The van der Waals surface area contributed by atoms with Crippen LogP contribution in [0.3, 0.4) is 0 Å². The summed E-state index contributed by atoms with van der Waals surface area (Å²) in [4.78, 5) is 13.9. The number of nitrogens with zero attached hydrogens (tertiary/aromatic N) is 1. The molecule has 0 aliphatic carbocycles. The minimum Gasteiger partial charge on any atom is -0.493 e. The molecule has 0 unspecified atom stereocenters. The van der Waals surface area contributed by atoms with Gasteiger partial charge in [-0.15, -0.1) is 0 Å². The fourth-order valence-corrected chi connectivity index (χ4v) is 3.43. The predicted octanol–water partition coefficient (Wildman–Crippen LogP) is 2.87. The number of halogens is 1. The van der Waals surface area contributed by atoms with Crippen LogP contribution in [0.5, 0.6) is 5.75 Å². The van der Waals surface area contributed by atoms with Crippen molar-refractivity contribution in [3.63, 3.8) is 0 Å². The van der Waals surface area contributed by atoms with Gasteiger partial charge < -0.3 is 19.7 Å². The van der Waals surface area contributed by atoms with Crippen molar-refractivity contribution in [1.29, 1.82) is 0 Å². The van der Waals surface area contributed by atoms with Gasteiger partial charge in [0.05, 0.1) is 19.8 Å². The maximum Gasteiger partial charge on any atom is 0.317 e. The molecule has 3 rings (SSSR count). The van der Waals surface area contributed by atoms with Gasteiger partial charge >= 0.3 is 6.03 Å². The van der Waals surface area contributed by atoms with Crippen LogP contribution in [0.25, 0.3) is 0 Å². The van der Waals surface area contributed by atoms with Crippen molar-refractivity contribution in [2.24, 2.45) is 0 Å². The average Bonchev–Trinajstić information content (AvgIpc) is 3.01. The summed E-state index contributed by atoms with van der Waals surface area (Å²) in [6, 6.07) is 3.99. The van der Waals surface area contributed by atoms with Crippen molar-refractivity contribution in [3.8, 4) is 5.75 Å². The highest BCUT2D eigenvalue weighted by molar-refractivity contribution is 9.10. The van der Waals surface area contributed by atoms with E-state index in [4.69, 9.17) is 9.47 Å². The number of carbonyl (C=O) groups is 1. The zero-order chi connectivity index (χ0) is 16.2. The first-order chi connectivity index (χ1) is 11.1. The van der Waals surface area contributed by atoms with Gasteiger partial charge in [0.15, 0.2) is 0 Å². The van der Waals surface area contributed by atoms with Gasteiger partial charge in [-0.05, 0) is 29.7 Å². The highest BCUT2D eigenvalue weighted by Crippen LogP contribution is 2.32. The summed E-state index contributed by atoms with van der Waals surface area (Å²) in [6.45, 7) is 3.15. The normalized spacial score (nSPS) is 16.3. The van der Waals surface area contributed by atoms with Crippen molar-refractivity contribution < 1.29 is 14.3 Å². The van der Waals surface area contributed by atoms with Crippen LogP contribution in [0.2, 0.25) is 0 Å². The third kappa shape index (κ3) is 4.06. The number of hydrogen-bond acceptors (Lipinski definition) is 3. The number of amides is 2. The van der Waals surface area contributed by atoms with Gasteiger partial charge in [0.2, 0.25) is 0 Å². The lowest BCUT2D eigenvalue weighted by atomic mass is 10.1. The SMILES string of the molecule is CN(CC1=CCCOC1)C(=O)NCc1cc(Br)cc2c1OCC2. The summed E-state index contributed by atoms with van der Waals surface area (Å²) < 4.78 is 12.1. The first-order valence-corrected chi connectivity index (χ1v) is 8.61. The van der Waals surface area contributed by atoms with Crippen LogP contribution in [0, 0.1) is 0 Å². The van der Waals surface area contributed by atoms with Gasteiger partial charge in [0.25, 0.3) is 0 Å². The van der Waals surface area contributed by atoms with Gasteiger partial charge in [-0.2, -0.15) is 0 Å². The van der Waals surface area contributed by atoms with Crippen LogP contribution in [0.4, 0.5) is 4.79 Å². The smallest absolute Gasteiger partial charge is 0.317 e. The van der Waals surface area contributed by atoms with E-state index in [1.54, 1.807) is 11.9 Å². The summed E-state index contributed by atoms with van der Waals surface area (Å²) in [5.41, 5.74) is 3.36. The number of carbonyl (C=O) groups excluding carboxylic acids is 1. The van der Waals surface area contributed by atoms with Crippen molar-refractivity contribution in [3.05, 3.63) is 39.4 Å². The standard InChI is InChI=1S/C17H21BrN2O3/c1-20(10-12-3-2-5-22-11-12)17(21)19-9-14-8-15(18)7-13-4-6-23-16(13)14/h3,7-8H,2,4-6,9-11H2,1H3,(H,19,21). The second-order valence-electron chi connectivity index (χ2n) is 5.87. The van der Waals surface area contributed by atoms with E-state index in [2.05, 4.69) is 33.4 Å². The first kappa shape index (κ1) is 16.3. The van der Waals surface area contributed by atoms with Gasteiger partial charge in [-0.25, -0.2) is 4.79 Å². The molecule has 0 atom stereocenters. The lowest BCUT2D eigenvalue weighted by molar-refractivity contribution is 0.144. The summed E-state index contributed by atoms with van der Waals surface area (Å²) in [7, 11) is 1.80. The van der Waals surface area contributed by atoms with Crippen molar-refractivity contribution in [2.45, 2.75) is 19.4 Å². The first-order valence-electron chi connectivity index (χ1n) is 7.82. The molecule has 2 heterocycles. The molecule has 0 saturated carbocycles. The van der Waals surface area contributed by atoms with Gasteiger partial charge in [-0.1, -0.05) is 22.0 Å². The fraction of sp³-hybridized carbons (Fsp3) is 0.471. The van der Waals surface area contributed by atoms with Crippen LogP contribution in [-0.2, 0) is 17.7 Å². The monoisotopic (exact) mass is 380 g/mol. The molecule has 2 aliphatic rings. The molecule has 0 bridgehead atoms. The number of ether oxygens (including phenoxy) is 2. The molecule has 5 nitrogen and oxygen atoms in total. The molecule has 0 saturated heterocycles. The Morgan fingerprint density at radius 3 is 3.04 bits per heavy atom. The molecule has 1 aromatic rings. The molecule has 0 fully saturated rings. The molecule has 124 valence electrons. The summed E-state index contributed by atoms with van der Waals surface area (Å²) in [5.74, 6) is 0.916. The maximum atomic E-state index is 12.3. The number of hydrogen-bond donors (Lipinski definition) is 1. The van der Waals surface area contributed by atoms with Crippen LogP contribution < -0.4 is 10.1 Å². The molecule has 1 N–H and O–H groups in total. The zero-order valence-corrected chi connectivity index (χ0v) is 14.8. The average molecular weight is 381 g/mol. The molecule has 2 aliphatic heterocycles. The Labute approximate surface area is 144 Å². The third-order valence-corrected chi connectivity index (χ3v) is 4.48. The molecular formula is C17H21BrN2O3. The molecule has 2 amide bonds. The number of nitrogens with one attached hydrogen (secondary N) is 1. The molecule has 1 aromatic carbocycles.